The Balaban J connectivity index is 0.00000121. The van der Waals surface area contributed by atoms with Crippen molar-refractivity contribution in [3.63, 3.8) is 0 Å². The molecule has 2 nitrogen and oxygen atoms in total. The third-order valence-electron chi connectivity index (χ3n) is 5.85. The maximum Gasteiger partial charge on any atom is 0.119 e. The van der Waals surface area contributed by atoms with E-state index in [-0.39, 0.29) is 12.4 Å². The molecule has 3 heteroatoms. The lowest BCUT2D eigenvalue weighted by Gasteiger charge is -2.56. The number of benzene rings is 1. The van der Waals surface area contributed by atoms with E-state index >= 15 is 0 Å². The van der Waals surface area contributed by atoms with E-state index in [1.807, 2.05) is 0 Å². The highest BCUT2D eigenvalue weighted by Gasteiger charge is 2.51. The molecule has 0 radical (unpaired) electrons. The van der Waals surface area contributed by atoms with Crippen molar-refractivity contribution in [3.05, 3.63) is 29.3 Å². The minimum atomic E-state index is 0. The van der Waals surface area contributed by atoms with Gasteiger partial charge in [0.1, 0.15) is 5.75 Å². The van der Waals surface area contributed by atoms with Gasteiger partial charge in [0.15, 0.2) is 0 Å². The zero-order chi connectivity index (χ0) is 12.9. The molecule has 0 amide bonds. The molecule has 2 fully saturated rings. The second kappa shape index (κ2) is 5.23. The molecule has 0 spiro atoms. The van der Waals surface area contributed by atoms with Crippen LogP contribution in [0.15, 0.2) is 18.2 Å². The summed E-state index contributed by atoms with van der Waals surface area (Å²) in [6.45, 7) is 1.19. The fraction of sp³-hybridized carbons (Fsp3) is 0.647. The van der Waals surface area contributed by atoms with E-state index < -0.39 is 0 Å². The molecule has 4 rings (SSSR count). The topological polar surface area (TPSA) is 21.3 Å². The Morgan fingerprint density at radius 1 is 1.25 bits per heavy atom. The van der Waals surface area contributed by atoms with Gasteiger partial charge in [0.05, 0.1) is 7.11 Å². The third-order valence-corrected chi connectivity index (χ3v) is 5.85. The van der Waals surface area contributed by atoms with Crippen LogP contribution in [0.25, 0.3) is 0 Å². The summed E-state index contributed by atoms with van der Waals surface area (Å²) in [5.74, 6) is 1.89. The zero-order valence-corrected chi connectivity index (χ0v) is 13.0. The van der Waals surface area contributed by atoms with E-state index in [1.54, 1.807) is 18.2 Å². The molecule has 1 saturated carbocycles. The van der Waals surface area contributed by atoms with Gasteiger partial charge in [-0.3, -0.25) is 0 Å². The predicted molar refractivity (Wildman–Crippen MR) is 84.0 cm³/mol. The molecule has 2 bridgehead atoms. The third kappa shape index (κ3) is 1.88. The number of ether oxygens (including phenoxy) is 1. The maximum absolute atomic E-state index is 5.48. The van der Waals surface area contributed by atoms with Crippen LogP contribution in [-0.4, -0.2) is 19.7 Å². The van der Waals surface area contributed by atoms with Crippen LogP contribution in [0.1, 0.15) is 43.2 Å². The number of hydrogen-bond donors (Lipinski definition) is 1. The van der Waals surface area contributed by atoms with Crippen molar-refractivity contribution in [1.29, 1.82) is 0 Å². The van der Waals surface area contributed by atoms with Crippen LogP contribution in [0.4, 0.5) is 0 Å². The predicted octanol–water partition coefficient (Wildman–Crippen LogP) is 3.46. The first-order chi connectivity index (χ1) is 9.33. The summed E-state index contributed by atoms with van der Waals surface area (Å²) in [7, 11) is 1.78. The molecule has 1 aliphatic heterocycles. The second-order valence-electron chi connectivity index (χ2n) is 6.55. The fourth-order valence-electron chi connectivity index (χ4n) is 5.03. The molecule has 0 aromatic heterocycles. The highest BCUT2D eigenvalue weighted by molar-refractivity contribution is 5.85. The van der Waals surface area contributed by atoms with Gasteiger partial charge in [-0.1, -0.05) is 18.9 Å². The molecular formula is C17H24ClNO. The Kier molecular flexibility index (Phi) is 3.72. The molecule has 1 aromatic rings. The van der Waals surface area contributed by atoms with E-state index in [2.05, 4.69) is 23.5 Å². The molecule has 1 N–H and O–H groups in total. The Hall–Kier alpha value is -0.730. The van der Waals surface area contributed by atoms with Gasteiger partial charge >= 0.3 is 0 Å². The van der Waals surface area contributed by atoms with Crippen molar-refractivity contribution < 1.29 is 4.74 Å². The first kappa shape index (κ1) is 14.2. The largest absolute Gasteiger partial charge is 0.497 e. The Labute approximate surface area is 127 Å². The molecule has 20 heavy (non-hydrogen) atoms. The summed E-state index contributed by atoms with van der Waals surface area (Å²) in [6.07, 6.45) is 8.15. The molecule has 1 saturated heterocycles. The van der Waals surface area contributed by atoms with E-state index in [4.69, 9.17) is 4.74 Å². The van der Waals surface area contributed by atoms with E-state index in [9.17, 15) is 0 Å². The lowest BCUT2D eigenvalue weighted by Crippen LogP contribution is -2.59. The summed E-state index contributed by atoms with van der Waals surface area (Å²) in [5, 5.41) is 3.78. The first-order valence-electron chi connectivity index (χ1n) is 7.74. The van der Waals surface area contributed by atoms with Crippen LogP contribution < -0.4 is 10.1 Å². The highest BCUT2D eigenvalue weighted by Crippen LogP contribution is 2.54. The van der Waals surface area contributed by atoms with Crippen LogP contribution in [-0.2, 0) is 11.8 Å². The molecule has 2 aliphatic carbocycles. The summed E-state index contributed by atoms with van der Waals surface area (Å²) >= 11 is 0. The molecule has 3 atom stereocenters. The van der Waals surface area contributed by atoms with Crippen molar-refractivity contribution >= 4 is 12.4 Å². The van der Waals surface area contributed by atoms with E-state index in [0.717, 1.165) is 17.7 Å². The number of piperidine rings is 1. The minimum absolute atomic E-state index is 0. The Bertz CT molecular complexity index is 500. The molecule has 110 valence electrons. The highest BCUT2D eigenvalue weighted by atomic mass is 35.5. The van der Waals surface area contributed by atoms with Gasteiger partial charge in [0.25, 0.3) is 0 Å². The van der Waals surface area contributed by atoms with Crippen molar-refractivity contribution in [1.82, 2.24) is 5.32 Å². The number of fused-ring (bicyclic) bond motifs is 1. The van der Waals surface area contributed by atoms with Gasteiger partial charge in [-0.2, -0.15) is 0 Å². The standard InChI is InChI=1S/C17H23NO.ClH/c1-19-13-6-5-12-10-16-14-4-2-3-7-17(14,8-9-18-16)15(12)11-13;/h5-6,11,14,16,18H,2-4,7-10H2,1H3;1H/t14-,16-,17-;/m0./s1. The van der Waals surface area contributed by atoms with Gasteiger partial charge in [0.2, 0.25) is 0 Å². The van der Waals surface area contributed by atoms with Crippen LogP contribution >= 0.6 is 12.4 Å². The smallest absolute Gasteiger partial charge is 0.119 e. The average Bonchev–Trinajstić information content (AvgIpc) is 2.47. The number of methoxy groups -OCH3 is 1. The normalized spacial score (nSPS) is 34.5. The number of rotatable bonds is 1. The lowest BCUT2D eigenvalue weighted by atomic mass is 9.53. The lowest BCUT2D eigenvalue weighted by molar-refractivity contribution is 0.0795. The van der Waals surface area contributed by atoms with E-state index in [1.165, 1.54) is 45.1 Å². The monoisotopic (exact) mass is 293 g/mol. The molecule has 1 aromatic carbocycles. The fourth-order valence-corrected chi connectivity index (χ4v) is 5.03. The van der Waals surface area contributed by atoms with Crippen LogP contribution in [0.3, 0.4) is 0 Å². The summed E-state index contributed by atoms with van der Waals surface area (Å²) < 4.78 is 5.48. The van der Waals surface area contributed by atoms with Gasteiger partial charge in [-0.25, -0.2) is 0 Å². The molecular weight excluding hydrogens is 270 g/mol. The van der Waals surface area contributed by atoms with Gasteiger partial charge in [0, 0.05) is 11.5 Å². The quantitative estimate of drug-likeness (QED) is 0.856. The van der Waals surface area contributed by atoms with Crippen molar-refractivity contribution in [3.8, 4) is 5.75 Å². The average molecular weight is 294 g/mol. The summed E-state index contributed by atoms with van der Waals surface area (Å²) in [4.78, 5) is 0. The first-order valence-corrected chi connectivity index (χ1v) is 7.74. The maximum atomic E-state index is 5.48. The van der Waals surface area contributed by atoms with Gasteiger partial charge in [-0.15, -0.1) is 12.4 Å². The Morgan fingerprint density at radius 3 is 3.00 bits per heavy atom. The van der Waals surface area contributed by atoms with Crippen molar-refractivity contribution in [2.45, 2.75) is 50.0 Å². The van der Waals surface area contributed by atoms with Crippen molar-refractivity contribution in [2.75, 3.05) is 13.7 Å². The van der Waals surface area contributed by atoms with Gasteiger partial charge < -0.3 is 10.1 Å². The number of hydrogen-bond acceptors (Lipinski definition) is 2. The SMILES string of the molecule is COc1ccc2c(c1)[C@]13CCCC[C@H]1[C@H](C2)NCC3.Cl. The molecule has 0 unspecified atom stereocenters. The van der Waals surface area contributed by atoms with E-state index in [0.29, 0.717) is 5.41 Å². The minimum Gasteiger partial charge on any atom is -0.497 e. The zero-order valence-electron chi connectivity index (χ0n) is 12.2. The van der Waals surface area contributed by atoms with Crippen LogP contribution in [0.2, 0.25) is 0 Å². The molecule has 3 aliphatic rings. The van der Waals surface area contributed by atoms with Gasteiger partial charge in [-0.05, 0) is 61.4 Å². The summed E-state index contributed by atoms with van der Waals surface area (Å²) in [6, 6.07) is 7.50. The second-order valence-corrected chi connectivity index (χ2v) is 6.55. The molecule has 1 heterocycles. The van der Waals surface area contributed by atoms with Crippen molar-refractivity contribution in [2.24, 2.45) is 5.92 Å². The number of nitrogens with one attached hydrogen (secondary N) is 1. The van der Waals surface area contributed by atoms with Crippen LogP contribution in [0, 0.1) is 5.92 Å². The summed E-state index contributed by atoms with van der Waals surface area (Å²) in [5.41, 5.74) is 3.64. The Morgan fingerprint density at radius 2 is 2.15 bits per heavy atom. The number of halogens is 1. The van der Waals surface area contributed by atoms with Crippen LogP contribution in [0.5, 0.6) is 5.75 Å².